The van der Waals surface area contributed by atoms with Crippen LogP contribution in [0.1, 0.15) is 0 Å². The first-order valence-corrected chi connectivity index (χ1v) is 23.0. The molecule has 15 rings (SSSR count). The lowest BCUT2D eigenvalue weighted by molar-refractivity contribution is 1.72. The average Bonchev–Trinajstić information content (AvgIpc) is 3.90. The highest BCUT2D eigenvalue weighted by Crippen LogP contribution is 2.50. The van der Waals surface area contributed by atoms with Crippen molar-refractivity contribution >= 4 is 149 Å². The Morgan fingerprint density at radius 2 is 0.468 bits per heavy atom. The van der Waals surface area contributed by atoms with E-state index in [1.54, 1.807) is 0 Å². The quantitative estimate of drug-likeness (QED) is 0.153. The number of hydrogen-bond donors (Lipinski definition) is 0. The summed E-state index contributed by atoms with van der Waals surface area (Å²) in [6, 6.07) is 74.1. The lowest BCUT2D eigenvalue weighted by Crippen LogP contribution is -1.92. The lowest BCUT2D eigenvalue weighted by Gasteiger charge is -2.21. The summed E-state index contributed by atoms with van der Waals surface area (Å²) in [4.78, 5) is 0. The highest BCUT2D eigenvalue weighted by atomic mass is 32.1. The van der Waals surface area contributed by atoms with Gasteiger partial charge in [0.25, 0.3) is 0 Å². The molecule has 2 aromatic heterocycles. The molecule has 0 aliphatic heterocycles. The second-order valence-electron chi connectivity index (χ2n) is 17.1. The molecule has 0 saturated carbocycles. The summed E-state index contributed by atoms with van der Waals surface area (Å²) in [5.41, 5.74) is 4.97. The highest BCUT2D eigenvalue weighted by molar-refractivity contribution is 7.26. The zero-order chi connectivity index (χ0) is 40.2. The largest absolute Gasteiger partial charge is 0.135 e. The highest BCUT2D eigenvalue weighted by Gasteiger charge is 2.22. The van der Waals surface area contributed by atoms with Crippen LogP contribution >= 0.6 is 22.7 Å². The Labute approximate surface area is 363 Å². The van der Waals surface area contributed by atoms with Crippen LogP contribution in [0.25, 0.3) is 149 Å². The van der Waals surface area contributed by atoms with Gasteiger partial charge in [-0.1, -0.05) is 146 Å². The maximum absolute atomic E-state index is 2.53. The standard InChI is InChI=1S/C60H32S2/c1-3-13-39-37(11-1)45-17-9-19-47-48-20-10-18-46-38-12-2-4-14-40(38)50-28-36(34-24-26-44-42-16-6-8-22-54(42)62-56(44)32-34)30-52(60(50)58(46)48)51-29-35(27-49(39)59(51)57(45)47)33-23-25-43-41-15-5-7-21-53(41)61-55(43)31-33/h1-32H. The van der Waals surface area contributed by atoms with Gasteiger partial charge in [-0.25, -0.2) is 0 Å². The minimum atomic E-state index is 1.24. The Hall–Kier alpha value is -7.36. The summed E-state index contributed by atoms with van der Waals surface area (Å²) < 4.78 is 5.31. The van der Waals surface area contributed by atoms with Gasteiger partial charge in [-0.05, 0) is 157 Å². The van der Waals surface area contributed by atoms with Crippen LogP contribution in [-0.4, -0.2) is 0 Å². The van der Waals surface area contributed by atoms with Crippen molar-refractivity contribution in [2.45, 2.75) is 0 Å². The van der Waals surface area contributed by atoms with Crippen LogP contribution in [0.4, 0.5) is 0 Å². The molecular weight excluding hydrogens is 785 g/mol. The summed E-state index contributed by atoms with van der Waals surface area (Å²) in [7, 11) is 0. The lowest BCUT2D eigenvalue weighted by atomic mass is 9.82. The fourth-order valence-corrected chi connectivity index (χ4v) is 13.6. The minimum Gasteiger partial charge on any atom is -0.135 e. The predicted octanol–water partition coefficient (Wildman–Crippen LogP) is 18.4. The first kappa shape index (κ1) is 33.4. The molecule has 0 bridgehead atoms. The van der Waals surface area contributed by atoms with E-state index in [2.05, 4.69) is 194 Å². The van der Waals surface area contributed by atoms with Gasteiger partial charge in [0.05, 0.1) is 0 Å². The Balaban J connectivity index is 1.19. The van der Waals surface area contributed by atoms with E-state index in [0.29, 0.717) is 0 Å². The van der Waals surface area contributed by atoms with Crippen molar-refractivity contribution in [3.63, 3.8) is 0 Å². The molecule has 0 aliphatic rings. The summed E-state index contributed by atoms with van der Waals surface area (Å²) in [6.07, 6.45) is 0. The number of rotatable bonds is 2. The van der Waals surface area contributed by atoms with E-state index < -0.39 is 0 Å². The van der Waals surface area contributed by atoms with Gasteiger partial charge >= 0.3 is 0 Å². The second-order valence-corrected chi connectivity index (χ2v) is 19.2. The van der Waals surface area contributed by atoms with Crippen molar-refractivity contribution in [2.75, 3.05) is 0 Å². The minimum absolute atomic E-state index is 1.24. The molecule has 0 atom stereocenters. The number of thiophene rings is 2. The van der Waals surface area contributed by atoms with Gasteiger partial charge in [0, 0.05) is 40.3 Å². The maximum atomic E-state index is 2.53. The predicted molar refractivity (Wildman–Crippen MR) is 274 cm³/mol. The zero-order valence-corrected chi connectivity index (χ0v) is 34.9. The second kappa shape index (κ2) is 12.1. The fourth-order valence-electron chi connectivity index (χ4n) is 11.3. The molecular formula is C60H32S2. The molecule has 0 aliphatic carbocycles. The van der Waals surface area contributed by atoms with Crippen molar-refractivity contribution in [1.29, 1.82) is 0 Å². The molecule has 284 valence electrons. The third-order valence-corrected chi connectivity index (χ3v) is 16.2. The molecule has 0 unspecified atom stereocenters. The van der Waals surface area contributed by atoms with Crippen molar-refractivity contribution in [3.05, 3.63) is 194 Å². The van der Waals surface area contributed by atoms with E-state index in [9.17, 15) is 0 Å². The van der Waals surface area contributed by atoms with Gasteiger partial charge in [-0.2, -0.15) is 0 Å². The van der Waals surface area contributed by atoms with Gasteiger partial charge in [-0.15, -0.1) is 22.7 Å². The van der Waals surface area contributed by atoms with E-state index >= 15 is 0 Å². The Bertz CT molecular complexity index is 4160. The molecule has 2 heteroatoms. The molecule has 15 aromatic rings. The SMILES string of the molecule is c1ccc2c(c1)sc1cc(-c3cc4c5ccccc5c5cccc6c7cccc8c9ccccc9c9cc(-c%10ccc%11c(c%10)sc%10ccccc%10%11)cc(c(c3)c4c56)c9c87)ccc12. The first-order chi connectivity index (χ1) is 30.7. The average molecular weight is 817 g/mol. The van der Waals surface area contributed by atoms with Crippen molar-refractivity contribution in [2.24, 2.45) is 0 Å². The molecule has 62 heavy (non-hydrogen) atoms. The molecule has 2 heterocycles. The smallest absolute Gasteiger partial charge is 0.0361 e. The molecule has 0 fully saturated rings. The molecule has 0 spiro atoms. The van der Waals surface area contributed by atoms with E-state index in [4.69, 9.17) is 0 Å². The van der Waals surface area contributed by atoms with Crippen LogP contribution < -0.4 is 0 Å². The number of hydrogen-bond acceptors (Lipinski definition) is 2. The monoisotopic (exact) mass is 816 g/mol. The fraction of sp³-hybridized carbons (Fsp3) is 0. The Morgan fingerprint density at radius 1 is 0.177 bits per heavy atom. The van der Waals surface area contributed by atoms with Crippen LogP contribution in [0.2, 0.25) is 0 Å². The van der Waals surface area contributed by atoms with Gasteiger partial charge in [0.15, 0.2) is 0 Å². The molecule has 0 saturated heterocycles. The van der Waals surface area contributed by atoms with Crippen LogP contribution in [0.3, 0.4) is 0 Å². The van der Waals surface area contributed by atoms with Crippen molar-refractivity contribution in [1.82, 2.24) is 0 Å². The van der Waals surface area contributed by atoms with Crippen LogP contribution in [-0.2, 0) is 0 Å². The van der Waals surface area contributed by atoms with E-state index in [0.717, 1.165) is 0 Å². The molecule has 0 radical (unpaired) electrons. The van der Waals surface area contributed by atoms with Crippen LogP contribution in [0.5, 0.6) is 0 Å². The Kier molecular flexibility index (Phi) is 6.53. The molecule has 13 aromatic carbocycles. The van der Waals surface area contributed by atoms with Gasteiger partial charge in [-0.3, -0.25) is 0 Å². The summed E-state index contributed by atoms with van der Waals surface area (Å²) in [5.74, 6) is 0. The van der Waals surface area contributed by atoms with Crippen molar-refractivity contribution in [3.8, 4) is 22.3 Å². The van der Waals surface area contributed by atoms with E-state index in [-0.39, 0.29) is 0 Å². The number of fused-ring (bicyclic) bond motifs is 14. The third kappa shape index (κ3) is 4.40. The summed E-state index contributed by atoms with van der Waals surface area (Å²) in [6.45, 7) is 0. The maximum Gasteiger partial charge on any atom is 0.0361 e. The van der Waals surface area contributed by atoms with E-state index in [1.807, 2.05) is 22.7 Å². The zero-order valence-electron chi connectivity index (χ0n) is 33.3. The third-order valence-electron chi connectivity index (χ3n) is 13.9. The summed E-state index contributed by atoms with van der Waals surface area (Å²) in [5, 5.41) is 26.2. The molecule has 0 N–H and O–H groups in total. The van der Waals surface area contributed by atoms with Crippen LogP contribution in [0.15, 0.2) is 194 Å². The Morgan fingerprint density at radius 3 is 0.887 bits per heavy atom. The van der Waals surface area contributed by atoms with Crippen molar-refractivity contribution < 1.29 is 0 Å². The number of benzene rings is 12. The first-order valence-electron chi connectivity index (χ1n) is 21.4. The molecule has 0 amide bonds. The van der Waals surface area contributed by atoms with E-state index in [1.165, 1.54) is 149 Å². The summed E-state index contributed by atoms with van der Waals surface area (Å²) >= 11 is 3.78. The normalized spacial score (nSPS) is 12.5. The van der Waals surface area contributed by atoms with Gasteiger partial charge in [0.1, 0.15) is 0 Å². The molecule has 0 nitrogen and oxygen atoms in total. The van der Waals surface area contributed by atoms with Gasteiger partial charge < -0.3 is 0 Å². The van der Waals surface area contributed by atoms with Crippen LogP contribution in [0, 0.1) is 0 Å². The topological polar surface area (TPSA) is 0 Å². The van der Waals surface area contributed by atoms with Gasteiger partial charge in [0.2, 0.25) is 0 Å².